The van der Waals surface area contributed by atoms with E-state index in [4.69, 9.17) is 5.73 Å². The smallest absolute Gasteiger partial charge is 0.0206 e. The molecule has 94 valence electrons. The SMILES string of the molecule is CC(C)C1CCC(N2CC(C)C(N)C2)CC1. The second kappa shape index (κ2) is 5.05. The number of nitrogens with zero attached hydrogens (tertiary/aromatic N) is 1. The highest BCUT2D eigenvalue weighted by Crippen LogP contribution is 2.33. The van der Waals surface area contributed by atoms with Crippen molar-refractivity contribution in [2.45, 2.75) is 58.5 Å². The van der Waals surface area contributed by atoms with E-state index in [9.17, 15) is 0 Å². The Morgan fingerprint density at radius 3 is 2.12 bits per heavy atom. The van der Waals surface area contributed by atoms with Crippen molar-refractivity contribution in [3.05, 3.63) is 0 Å². The van der Waals surface area contributed by atoms with Crippen LogP contribution < -0.4 is 5.73 Å². The van der Waals surface area contributed by atoms with Gasteiger partial charge in [-0.3, -0.25) is 4.90 Å². The lowest BCUT2D eigenvalue weighted by atomic mass is 9.79. The lowest BCUT2D eigenvalue weighted by Crippen LogP contribution is -2.38. The number of rotatable bonds is 2. The molecule has 2 N–H and O–H groups in total. The molecule has 1 aliphatic carbocycles. The van der Waals surface area contributed by atoms with E-state index in [-0.39, 0.29) is 0 Å². The van der Waals surface area contributed by atoms with Crippen LogP contribution in [0, 0.1) is 17.8 Å². The topological polar surface area (TPSA) is 29.3 Å². The highest BCUT2D eigenvalue weighted by atomic mass is 15.2. The van der Waals surface area contributed by atoms with Crippen LogP contribution >= 0.6 is 0 Å². The van der Waals surface area contributed by atoms with Crippen molar-refractivity contribution < 1.29 is 0 Å². The summed E-state index contributed by atoms with van der Waals surface area (Å²) in [6.07, 6.45) is 5.68. The minimum Gasteiger partial charge on any atom is -0.326 e. The molecule has 2 unspecified atom stereocenters. The van der Waals surface area contributed by atoms with Crippen LogP contribution in [0.3, 0.4) is 0 Å². The minimum atomic E-state index is 0.419. The lowest BCUT2D eigenvalue weighted by Gasteiger charge is -2.36. The van der Waals surface area contributed by atoms with Gasteiger partial charge in [0.05, 0.1) is 0 Å². The van der Waals surface area contributed by atoms with Crippen LogP contribution in [0.15, 0.2) is 0 Å². The van der Waals surface area contributed by atoms with E-state index in [1.54, 1.807) is 0 Å². The molecule has 2 fully saturated rings. The molecule has 0 amide bonds. The Labute approximate surface area is 101 Å². The van der Waals surface area contributed by atoms with Gasteiger partial charge in [-0.15, -0.1) is 0 Å². The summed E-state index contributed by atoms with van der Waals surface area (Å²) in [5.41, 5.74) is 6.11. The van der Waals surface area contributed by atoms with E-state index in [2.05, 4.69) is 25.7 Å². The molecule has 0 bridgehead atoms. The van der Waals surface area contributed by atoms with Crippen molar-refractivity contribution in [2.24, 2.45) is 23.5 Å². The van der Waals surface area contributed by atoms with E-state index in [0.29, 0.717) is 12.0 Å². The van der Waals surface area contributed by atoms with E-state index in [0.717, 1.165) is 24.4 Å². The first-order chi connectivity index (χ1) is 7.58. The van der Waals surface area contributed by atoms with Crippen molar-refractivity contribution in [2.75, 3.05) is 13.1 Å². The van der Waals surface area contributed by atoms with E-state index < -0.39 is 0 Å². The molecule has 0 radical (unpaired) electrons. The summed E-state index contributed by atoms with van der Waals surface area (Å²) in [4.78, 5) is 2.66. The highest BCUT2D eigenvalue weighted by molar-refractivity contribution is 4.90. The van der Waals surface area contributed by atoms with Crippen LogP contribution in [-0.2, 0) is 0 Å². The van der Waals surface area contributed by atoms with E-state index in [1.807, 2.05) is 0 Å². The Kier molecular flexibility index (Phi) is 3.91. The van der Waals surface area contributed by atoms with Gasteiger partial charge < -0.3 is 5.73 Å². The van der Waals surface area contributed by atoms with Gasteiger partial charge in [0.2, 0.25) is 0 Å². The Balaban J connectivity index is 1.81. The van der Waals surface area contributed by atoms with Crippen LogP contribution in [0.5, 0.6) is 0 Å². The van der Waals surface area contributed by atoms with Gasteiger partial charge in [-0.2, -0.15) is 0 Å². The number of hydrogen-bond donors (Lipinski definition) is 1. The molecule has 1 heterocycles. The summed E-state index contributed by atoms with van der Waals surface area (Å²) in [6.45, 7) is 9.42. The van der Waals surface area contributed by atoms with Crippen molar-refractivity contribution >= 4 is 0 Å². The number of likely N-dealkylation sites (tertiary alicyclic amines) is 1. The molecule has 2 atom stereocenters. The average molecular weight is 224 g/mol. The quantitative estimate of drug-likeness (QED) is 0.781. The molecular weight excluding hydrogens is 196 g/mol. The Morgan fingerprint density at radius 2 is 1.69 bits per heavy atom. The predicted octanol–water partition coefficient (Wildman–Crippen LogP) is 2.48. The first-order valence-corrected chi connectivity index (χ1v) is 7.07. The fraction of sp³-hybridized carbons (Fsp3) is 1.00. The molecule has 0 aromatic rings. The molecule has 2 aliphatic rings. The van der Waals surface area contributed by atoms with Crippen molar-refractivity contribution in [3.8, 4) is 0 Å². The van der Waals surface area contributed by atoms with Gasteiger partial charge >= 0.3 is 0 Å². The lowest BCUT2D eigenvalue weighted by molar-refractivity contribution is 0.143. The monoisotopic (exact) mass is 224 g/mol. The highest BCUT2D eigenvalue weighted by Gasteiger charge is 2.33. The largest absolute Gasteiger partial charge is 0.326 e. The predicted molar refractivity (Wildman–Crippen MR) is 69.3 cm³/mol. The Morgan fingerprint density at radius 1 is 1.06 bits per heavy atom. The van der Waals surface area contributed by atoms with Crippen molar-refractivity contribution in [1.29, 1.82) is 0 Å². The maximum Gasteiger partial charge on any atom is 0.0206 e. The third kappa shape index (κ3) is 2.60. The molecule has 1 aliphatic heterocycles. The van der Waals surface area contributed by atoms with Gasteiger partial charge in [0.25, 0.3) is 0 Å². The Bertz CT molecular complexity index is 209. The molecule has 1 saturated carbocycles. The van der Waals surface area contributed by atoms with Crippen LogP contribution in [-0.4, -0.2) is 30.1 Å². The van der Waals surface area contributed by atoms with Gasteiger partial charge in [-0.25, -0.2) is 0 Å². The van der Waals surface area contributed by atoms with Crippen LogP contribution in [0.4, 0.5) is 0 Å². The first kappa shape index (κ1) is 12.4. The van der Waals surface area contributed by atoms with Crippen LogP contribution in [0.1, 0.15) is 46.5 Å². The number of hydrogen-bond acceptors (Lipinski definition) is 2. The van der Waals surface area contributed by atoms with Crippen molar-refractivity contribution in [1.82, 2.24) is 4.90 Å². The third-order valence-electron chi connectivity index (χ3n) is 4.90. The second-order valence-electron chi connectivity index (χ2n) is 6.41. The standard InChI is InChI=1S/C14H28N2/c1-10(2)12-4-6-13(7-5-12)16-8-11(3)14(15)9-16/h10-14H,4-9,15H2,1-3H3. The molecule has 2 rings (SSSR count). The molecule has 2 heteroatoms. The number of nitrogens with two attached hydrogens (primary N) is 1. The summed E-state index contributed by atoms with van der Waals surface area (Å²) in [6, 6.07) is 1.26. The molecule has 0 spiro atoms. The first-order valence-electron chi connectivity index (χ1n) is 7.07. The molecule has 16 heavy (non-hydrogen) atoms. The zero-order valence-corrected chi connectivity index (χ0v) is 11.2. The van der Waals surface area contributed by atoms with Crippen LogP contribution in [0.2, 0.25) is 0 Å². The summed E-state index contributed by atoms with van der Waals surface area (Å²) in [5, 5.41) is 0. The maximum atomic E-state index is 6.11. The maximum absolute atomic E-state index is 6.11. The van der Waals surface area contributed by atoms with Gasteiger partial charge in [0.1, 0.15) is 0 Å². The fourth-order valence-electron chi connectivity index (χ4n) is 3.46. The summed E-state index contributed by atoms with van der Waals surface area (Å²) in [5.74, 6) is 2.55. The Hall–Kier alpha value is -0.0800. The molecule has 1 saturated heterocycles. The molecule has 0 aromatic heterocycles. The van der Waals surface area contributed by atoms with E-state index >= 15 is 0 Å². The zero-order chi connectivity index (χ0) is 11.7. The zero-order valence-electron chi connectivity index (χ0n) is 11.2. The third-order valence-corrected chi connectivity index (χ3v) is 4.90. The van der Waals surface area contributed by atoms with Gasteiger partial charge in [0, 0.05) is 25.2 Å². The summed E-state index contributed by atoms with van der Waals surface area (Å²) >= 11 is 0. The molecular formula is C14H28N2. The van der Waals surface area contributed by atoms with Gasteiger partial charge in [-0.1, -0.05) is 20.8 Å². The summed E-state index contributed by atoms with van der Waals surface area (Å²) in [7, 11) is 0. The van der Waals surface area contributed by atoms with Crippen molar-refractivity contribution in [3.63, 3.8) is 0 Å². The fourth-order valence-corrected chi connectivity index (χ4v) is 3.46. The minimum absolute atomic E-state index is 0.419. The summed E-state index contributed by atoms with van der Waals surface area (Å²) < 4.78 is 0. The van der Waals surface area contributed by atoms with Gasteiger partial charge in [-0.05, 0) is 43.4 Å². The van der Waals surface area contributed by atoms with Crippen LogP contribution in [0.25, 0.3) is 0 Å². The van der Waals surface area contributed by atoms with Gasteiger partial charge in [0.15, 0.2) is 0 Å². The molecule has 2 nitrogen and oxygen atoms in total. The second-order valence-corrected chi connectivity index (χ2v) is 6.41. The average Bonchev–Trinajstić information content (AvgIpc) is 2.59. The normalized spacial score (nSPS) is 41.8. The van der Waals surface area contributed by atoms with E-state index in [1.165, 1.54) is 32.2 Å². The molecule has 0 aromatic carbocycles.